The zero-order valence-electron chi connectivity index (χ0n) is 13.3. The van der Waals surface area contributed by atoms with Gasteiger partial charge >= 0.3 is 0 Å². The average Bonchev–Trinajstić information content (AvgIpc) is 2.38. The summed E-state index contributed by atoms with van der Waals surface area (Å²) in [5, 5.41) is 0. The van der Waals surface area contributed by atoms with Crippen molar-refractivity contribution in [3.8, 4) is 0 Å². The van der Waals surface area contributed by atoms with Crippen LogP contribution in [-0.4, -0.2) is 25.9 Å². The van der Waals surface area contributed by atoms with E-state index < -0.39 is 0 Å². The lowest BCUT2D eigenvalue weighted by Gasteiger charge is -2.14. The zero-order valence-corrected chi connectivity index (χ0v) is 13.3. The lowest BCUT2D eigenvalue weighted by atomic mass is 10.00. The molecule has 0 aromatic heterocycles. The Morgan fingerprint density at radius 2 is 1.65 bits per heavy atom. The summed E-state index contributed by atoms with van der Waals surface area (Å²) in [6.07, 6.45) is 1.36. The highest BCUT2D eigenvalue weighted by Gasteiger charge is 2.06. The summed E-state index contributed by atoms with van der Waals surface area (Å²) in [5.41, 5.74) is 8.61. The predicted molar refractivity (Wildman–Crippen MR) is 83.8 cm³/mol. The van der Waals surface area contributed by atoms with Gasteiger partial charge in [0.15, 0.2) is 0 Å². The Labute approximate surface area is 123 Å². The van der Waals surface area contributed by atoms with Crippen molar-refractivity contribution in [2.24, 2.45) is 11.7 Å². The molecule has 0 spiro atoms. The first-order valence-electron chi connectivity index (χ1n) is 7.52. The van der Waals surface area contributed by atoms with E-state index in [0.717, 1.165) is 12.0 Å². The van der Waals surface area contributed by atoms with Gasteiger partial charge in [0.1, 0.15) is 0 Å². The van der Waals surface area contributed by atoms with Gasteiger partial charge in [0.2, 0.25) is 0 Å². The van der Waals surface area contributed by atoms with Gasteiger partial charge in [-0.2, -0.15) is 0 Å². The van der Waals surface area contributed by atoms with Crippen molar-refractivity contribution in [1.82, 2.24) is 0 Å². The molecule has 1 atom stereocenters. The van der Waals surface area contributed by atoms with Gasteiger partial charge in [0.05, 0.1) is 32.0 Å². The largest absolute Gasteiger partial charge is 0.377 e. The van der Waals surface area contributed by atoms with Gasteiger partial charge in [-0.05, 0) is 37.3 Å². The molecular formula is C17H29NO2. The van der Waals surface area contributed by atoms with Gasteiger partial charge in [0.25, 0.3) is 0 Å². The van der Waals surface area contributed by atoms with E-state index in [4.69, 9.17) is 15.2 Å². The molecule has 0 aliphatic rings. The second-order valence-corrected chi connectivity index (χ2v) is 5.94. The standard InChI is InChI=1S/C17H29NO2/c1-13(2)11-15-5-7-16(8-6-15)17(18)12-19-9-10-20-14(3)4/h5-8,13-14,17H,9-12,18H2,1-4H3. The first-order chi connectivity index (χ1) is 9.49. The maximum atomic E-state index is 6.12. The van der Waals surface area contributed by atoms with E-state index in [1.807, 2.05) is 13.8 Å². The number of hydrogen-bond donors (Lipinski definition) is 1. The minimum Gasteiger partial charge on any atom is -0.377 e. The molecule has 1 unspecified atom stereocenters. The number of hydrogen-bond acceptors (Lipinski definition) is 3. The van der Waals surface area contributed by atoms with E-state index in [9.17, 15) is 0 Å². The summed E-state index contributed by atoms with van der Waals surface area (Å²) >= 11 is 0. The summed E-state index contributed by atoms with van der Waals surface area (Å²) in [5.74, 6) is 0.679. The van der Waals surface area contributed by atoms with Crippen LogP contribution >= 0.6 is 0 Å². The normalized spacial score (nSPS) is 13.2. The molecule has 1 rings (SSSR count). The van der Waals surface area contributed by atoms with Crippen LogP contribution in [-0.2, 0) is 15.9 Å². The smallest absolute Gasteiger partial charge is 0.0703 e. The van der Waals surface area contributed by atoms with E-state index in [0.29, 0.717) is 25.7 Å². The topological polar surface area (TPSA) is 44.5 Å². The molecular weight excluding hydrogens is 250 g/mol. The van der Waals surface area contributed by atoms with Crippen LogP contribution in [0.1, 0.15) is 44.9 Å². The van der Waals surface area contributed by atoms with E-state index in [2.05, 4.69) is 38.1 Å². The Bertz CT molecular complexity index is 360. The van der Waals surface area contributed by atoms with E-state index in [1.165, 1.54) is 5.56 Å². The third-order valence-corrected chi connectivity index (χ3v) is 3.03. The van der Waals surface area contributed by atoms with E-state index >= 15 is 0 Å². The SMILES string of the molecule is CC(C)Cc1ccc(C(N)COCCOC(C)C)cc1. The molecule has 1 aromatic rings. The lowest BCUT2D eigenvalue weighted by molar-refractivity contribution is 0.0161. The summed E-state index contributed by atoms with van der Waals surface area (Å²) in [6.45, 7) is 10.2. The van der Waals surface area contributed by atoms with Crippen LogP contribution in [0.4, 0.5) is 0 Å². The molecule has 2 N–H and O–H groups in total. The number of nitrogens with two attached hydrogens (primary N) is 1. The van der Waals surface area contributed by atoms with Crippen LogP contribution in [0.15, 0.2) is 24.3 Å². The molecule has 3 nitrogen and oxygen atoms in total. The minimum atomic E-state index is -0.0675. The lowest BCUT2D eigenvalue weighted by Crippen LogP contribution is -2.19. The Kier molecular flexibility index (Phi) is 7.82. The molecule has 114 valence electrons. The Morgan fingerprint density at radius 3 is 2.20 bits per heavy atom. The van der Waals surface area contributed by atoms with Crippen LogP contribution in [0.5, 0.6) is 0 Å². The maximum absolute atomic E-state index is 6.12. The van der Waals surface area contributed by atoms with Crippen molar-refractivity contribution in [3.05, 3.63) is 35.4 Å². The Hall–Kier alpha value is -0.900. The first kappa shape index (κ1) is 17.2. The number of rotatable bonds is 9. The highest BCUT2D eigenvalue weighted by atomic mass is 16.5. The quantitative estimate of drug-likeness (QED) is 0.705. The van der Waals surface area contributed by atoms with Crippen molar-refractivity contribution >= 4 is 0 Å². The van der Waals surface area contributed by atoms with Crippen LogP contribution in [0, 0.1) is 5.92 Å². The van der Waals surface area contributed by atoms with Crippen LogP contribution < -0.4 is 5.73 Å². The van der Waals surface area contributed by atoms with Crippen molar-refractivity contribution in [2.75, 3.05) is 19.8 Å². The summed E-state index contributed by atoms with van der Waals surface area (Å²) in [6, 6.07) is 8.48. The Morgan fingerprint density at radius 1 is 1.00 bits per heavy atom. The summed E-state index contributed by atoms with van der Waals surface area (Å²) in [4.78, 5) is 0. The van der Waals surface area contributed by atoms with Gasteiger partial charge in [-0.1, -0.05) is 38.1 Å². The van der Waals surface area contributed by atoms with Gasteiger partial charge in [-0.15, -0.1) is 0 Å². The molecule has 0 saturated heterocycles. The number of ether oxygens (including phenoxy) is 2. The van der Waals surface area contributed by atoms with Crippen LogP contribution in [0.3, 0.4) is 0 Å². The van der Waals surface area contributed by atoms with Crippen molar-refractivity contribution < 1.29 is 9.47 Å². The molecule has 3 heteroatoms. The molecule has 0 radical (unpaired) electrons. The van der Waals surface area contributed by atoms with Crippen molar-refractivity contribution in [3.63, 3.8) is 0 Å². The number of benzene rings is 1. The molecule has 0 bridgehead atoms. The van der Waals surface area contributed by atoms with Crippen molar-refractivity contribution in [2.45, 2.75) is 46.3 Å². The fraction of sp³-hybridized carbons (Fsp3) is 0.647. The van der Waals surface area contributed by atoms with Gasteiger partial charge in [0, 0.05) is 0 Å². The molecule has 20 heavy (non-hydrogen) atoms. The predicted octanol–water partition coefficient (Wildman–Crippen LogP) is 3.33. The minimum absolute atomic E-state index is 0.0675. The van der Waals surface area contributed by atoms with Crippen LogP contribution in [0.25, 0.3) is 0 Å². The summed E-state index contributed by atoms with van der Waals surface area (Å²) < 4.78 is 11.0. The molecule has 0 aliphatic heterocycles. The highest BCUT2D eigenvalue weighted by Crippen LogP contribution is 2.14. The van der Waals surface area contributed by atoms with Gasteiger partial charge < -0.3 is 15.2 Å². The van der Waals surface area contributed by atoms with E-state index in [1.54, 1.807) is 0 Å². The van der Waals surface area contributed by atoms with E-state index in [-0.39, 0.29) is 12.1 Å². The fourth-order valence-electron chi connectivity index (χ4n) is 2.02. The molecule has 0 saturated carbocycles. The monoisotopic (exact) mass is 279 g/mol. The average molecular weight is 279 g/mol. The first-order valence-corrected chi connectivity index (χ1v) is 7.52. The van der Waals surface area contributed by atoms with Crippen molar-refractivity contribution in [1.29, 1.82) is 0 Å². The molecule has 0 heterocycles. The van der Waals surface area contributed by atoms with Gasteiger partial charge in [-0.25, -0.2) is 0 Å². The third-order valence-electron chi connectivity index (χ3n) is 3.03. The summed E-state index contributed by atoms with van der Waals surface area (Å²) in [7, 11) is 0. The second-order valence-electron chi connectivity index (χ2n) is 5.94. The molecule has 0 aliphatic carbocycles. The second kappa shape index (κ2) is 9.11. The molecule has 0 amide bonds. The van der Waals surface area contributed by atoms with Crippen LogP contribution in [0.2, 0.25) is 0 Å². The Balaban J connectivity index is 2.30. The molecule has 1 aromatic carbocycles. The third kappa shape index (κ3) is 7.04. The molecule has 0 fully saturated rings. The maximum Gasteiger partial charge on any atom is 0.0703 e. The highest BCUT2D eigenvalue weighted by molar-refractivity contribution is 5.25. The fourth-order valence-corrected chi connectivity index (χ4v) is 2.02. The van der Waals surface area contributed by atoms with Gasteiger partial charge in [-0.3, -0.25) is 0 Å². The zero-order chi connectivity index (χ0) is 15.0.